The van der Waals surface area contributed by atoms with E-state index in [-0.39, 0.29) is 0 Å². The third-order valence-corrected chi connectivity index (χ3v) is 2.60. The van der Waals surface area contributed by atoms with Crippen LogP contribution in [0.4, 0.5) is 0 Å². The molecule has 0 aliphatic rings. The molecule has 2 heteroatoms. The van der Waals surface area contributed by atoms with Crippen LogP contribution in [0, 0.1) is 11.3 Å². The van der Waals surface area contributed by atoms with Crippen LogP contribution in [-0.2, 0) is 4.74 Å². The van der Waals surface area contributed by atoms with Crippen LogP contribution in [0.3, 0.4) is 0 Å². The van der Waals surface area contributed by atoms with Crippen LogP contribution in [0.2, 0.25) is 0 Å². The minimum Gasteiger partial charge on any atom is -0.378 e. The molecule has 0 aromatic carbocycles. The third kappa shape index (κ3) is 8.88. The van der Waals surface area contributed by atoms with Crippen molar-refractivity contribution in [1.82, 2.24) is 0 Å². The Kier molecular flexibility index (Phi) is 7.20. The highest BCUT2D eigenvalue weighted by atomic mass is 16.5. The largest absolute Gasteiger partial charge is 0.378 e. The summed E-state index contributed by atoms with van der Waals surface area (Å²) in [5, 5.41) is 0. The predicted molar refractivity (Wildman–Crippen MR) is 66.9 cm³/mol. The molecule has 15 heavy (non-hydrogen) atoms. The Bertz CT molecular complexity index is 149. The first-order valence-electron chi connectivity index (χ1n) is 6.18. The van der Waals surface area contributed by atoms with E-state index in [1.165, 1.54) is 6.42 Å². The van der Waals surface area contributed by atoms with Gasteiger partial charge in [-0.3, -0.25) is 0 Å². The summed E-state index contributed by atoms with van der Waals surface area (Å²) >= 11 is 0. The number of ether oxygens (including phenoxy) is 1. The molecule has 0 rings (SSSR count). The van der Waals surface area contributed by atoms with Crippen LogP contribution in [0.5, 0.6) is 0 Å². The van der Waals surface area contributed by atoms with Gasteiger partial charge < -0.3 is 10.5 Å². The van der Waals surface area contributed by atoms with Crippen molar-refractivity contribution >= 4 is 0 Å². The molecule has 0 radical (unpaired) electrons. The van der Waals surface area contributed by atoms with Gasteiger partial charge in [-0.2, -0.15) is 0 Å². The Hall–Kier alpha value is -0.0800. The first-order chi connectivity index (χ1) is 6.87. The SMILES string of the molecule is CC(C)C(CCC(C)(C)C)OCCCN. The zero-order valence-corrected chi connectivity index (χ0v) is 11.2. The van der Waals surface area contributed by atoms with Crippen LogP contribution in [0.1, 0.15) is 53.9 Å². The van der Waals surface area contributed by atoms with Gasteiger partial charge in [0.2, 0.25) is 0 Å². The van der Waals surface area contributed by atoms with Crippen LogP contribution in [-0.4, -0.2) is 19.3 Å². The molecule has 0 spiro atoms. The van der Waals surface area contributed by atoms with Crippen molar-refractivity contribution in [1.29, 1.82) is 0 Å². The van der Waals surface area contributed by atoms with Crippen molar-refractivity contribution in [2.75, 3.05) is 13.2 Å². The van der Waals surface area contributed by atoms with Crippen LogP contribution in [0.25, 0.3) is 0 Å². The van der Waals surface area contributed by atoms with Crippen molar-refractivity contribution < 1.29 is 4.74 Å². The van der Waals surface area contributed by atoms with Gasteiger partial charge in [0.25, 0.3) is 0 Å². The van der Waals surface area contributed by atoms with Gasteiger partial charge in [0.1, 0.15) is 0 Å². The lowest BCUT2D eigenvalue weighted by Gasteiger charge is -2.26. The van der Waals surface area contributed by atoms with E-state index in [0.717, 1.165) is 26.0 Å². The quantitative estimate of drug-likeness (QED) is 0.662. The highest BCUT2D eigenvalue weighted by Crippen LogP contribution is 2.24. The van der Waals surface area contributed by atoms with E-state index in [0.29, 0.717) is 17.4 Å². The molecular formula is C13H29NO. The minimum absolute atomic E-state index is 0.399. The number of rotatable bonds is 7. The molecule has 1 unspecified atom stereocenters. The Morgan fingerprint density at radius 1 is 1.20 bits per heavy atom. The maximum atomic E-state index is 5.86. The fourth-order valence-corrected chi connectivity index (χ4v) is 1.50. The average Bonchev–Trinajstić information content (AvgIpc) is 2.08. The van der Waals surface area contributed by atoms with Gasteiger partial charge in [-0.1, -0.05) is 34.6 Å². The Morgan fingerprint density at radius 2 is 1.80 bits per heavy atom. The lowest BCUT2D eigenvalue weighted by molar-refractivity contribution is 0.00972. The molecule has 0 aromatic heterocycles. The molecule has 0 amide bonds. The van der Waals surface area contributed by atoms with E-state index < -0.39 is 0 Å². The fraction of sp³-hybridized carbons (Fsp3) is 1.00. The van der Waals surface area contributed by atoms with Crippen molar-refractivity contribution in [2.24, 2.45) is 17.1 Å². The zero-order valence-electron chi connectivity index (χ0n) is 11.2. The summed E-state index contributed by atoms with van der Waals surface area (Å²) in [5.41, 5.74) is 5.86. The van der Waals surface area contributed by atoms with E-state index in [2.05, 4.69) is 34.6 Å². The van der Waals surface area contributed by atoms with Crippen molar-refractivity contribution in [2.45, 2.75) is 60.0 Å². The van der Waals surface area contributed by atoms with Gasteiger partial charge in [-0.25, -0.2) is 0 Å². The second-order valence-corrected chi connectivity index (χ2v) is 5.89. The Morgan fingerprint density at radius 3 is 2.20 bits per heavy atom. The van der Waals surface area contributed by atoms with Crippen molar-refractivity contribution in [3.8, 4) is 0 Å². The van der Waals surface area contributed by atoms with E-state index >= 15 is 0 Å². The lowest BCUT2D eigenvalue weighted by Crippen LogP contribution is -2.23. The topological polar surface area (TPSA) is 35.2 Å². The Balaban J connectivity index is 3.84. The number of hydrogen-bond acceptors (Lipinski definition) is 2. The predicted octanol–water partition coefficient (Wildman–Crippen LogP) is 3.20. The smallest absolute Gasteiger partial charge is 0.0598 e. The van der Waals surface area contributed by atoms with E-state index in [1.807, 2.05) is 0 Å². The summed E-state index contributed by atoms with van der Waals surface area (Å²) < 4.78 is 5.86. The minimum atomic E-state index is 0.399. The summed E-state index contributed by atoms with van der Waals surface area (Å²) in [4.78, 5) is 0. The molecular weight excluding hydrogens is 186 g/mol. The Labute approximate surface area is 95.6 Å². The monoisotopic (exact) mass is 215 g/mol. The molecule has 0 aromatic rings. The fourth-order valence-electron chi connectivity index (χ4n) is 1.50. The highest BCUT2D eigenvalue weighted by molar-refractivity contribution is 4.69. The molecule has 2 nitrogen and oxygen atoms in total. The van der Waals surface area contributed by atoms with Crippen LogP contribution in [0.15, 0.2) is 0 Å². The standard InChI is InChI=1S/C13H29NO/c1-11(2)12(15-10-6-9-14)7-8-13(3,4)5/h11-12H,6-10,14H2,1-5H3. The van der Waals surface area contributed by atoms with Crippen molar-refractivity contribution in [3.63, 3.8) is 0 Å². The maximum absolute atomic E-state index is 5.86. The molecule has 0 bridgehead atoms. The molecule has 2 N–H and O–H groups in total. The second-order valence-electron chi connectivity index (χ2n) is 5.89. The first-order valence-corrected chi connectivity index (χ1v) is 6.18. The highest BCUT2D eigenvalue weighted by Gasteiger charge is 2.18. The third-order valence-electron chi connectivity index (χ3n) is 2.60. The summed E-state index contributed by atoms with van der Waals surface area (Å²) in [6.07, 6.45) is 3.75. The number of nitrogens with two attached hydrogens (primary N) is 1. The van der Waals surface area contributed by atoms with Crippen molar-refractivity contribution in [3.05, 3.63) is 0 Å². The normalized spacial score (nSPS) is 14.6. The van der Waals surface area contributed by atoms with Gasteiger partial charge in [0, 0.05) is 6.61 Å². The van der Waals surface area contributed by atoms with E-state index in [9.17, 15) is 0 Å². The van der Waals surface area contributed by atoms with Gasteiger partial charge in [0.15, 0.2) is 0 Å². The molecule has 0 saturated carbocycles. The summed E-state index contributed by atoms with van der Waals surface area (Å²) in [6.45, 7) is 12.8. The summed E-state index contributed by atoms with van der Waals surface area (Å²) in [7, 11) is 0. The second kappa shape index (κ2) is 7.24. The molecule has 0 aliphatic carbocycles. The maximum Gasteiger partial charge on any atom is 0.0598 e. The van der Waals surface area contributed by atoms with Crippen LogP contribution >= 0.6 is 0 Å². The van der Waals surface area contributed by atoms with Gasteiger partial charge in [-0.05, 0) is 37.1 Å². The molecule has 92 valence electrons. The zero-order chi connectivity index (χ0) is 11.9. The average molecular weight is 215 g/mol. The molecule has 0 aliphatic heterocycles. The summed E-state index contributed by atoms with van der Waals surface area (Å²) in [5.74, 6) is 0.602. The lowest BCUT2D eigenvalue weighted by atomic mass is 9.87. The van der Waals surface area contributed by atoms with E-state index in [4.69, 9.17) is 10.5 Å². The van der Waals surface area contributed by atoms with Gasteiger partial charge >= 0.3 is 0 Å². The summed E-state index contributed by atoms with van der Waals surface area (Å²) in [6, 6.07) is 0. The molecule has 0 fully saturated rings. The van der Waals surface area contributed by atoms with E-state index in [1.54, 1.807) is 0 Å². The van der Waals surface area contributed by atoms with Gasteiger partial charge in [0.05, 0.1) is 6.10 Å². The first kappa shape index (κ1) is 14.9. The van der Waals surface area contributed by atoms with Crippen LogP contribution < -0.4 is 5.73 Å². The molecule has 1 atom stereocenters. The molecule has 0 saturated heterocycles. The number of hydrogen-bond donors (Lipinski definition) is 1. The van der Waals surface area contributed by atoms with Gasteiger partial charge in [-0.15, -0.1) is 0 Å². The molecule has 0 heterocycles.